The Morgan fingerprint density at radius 3 is 2.93 bits per heavy atom. The zero-order valence-corrected chi connectivity index (χ0v) is 8.75. The Bertz CT molecular complexity index is 508. The standard InChI is InChI=1S/C9H10N4OS/c10-7(14)2-1-5-3-6-8(11)12-4-13-9(6)15-5/h3-4H,1-2H2,(H2,10,14)(H2,11,12,13). The molecule has 78 valence electrons. The van der Waals surface area contributed by atoms with Crippen LogP contribution in [0.4, 0.5) is 5.82 Å². The van der Waals surface area contributed by atoms with Crippen LogP contribution >= 0.6 is 11.3 Å². The molecule has 0 saturated heterocycles. The maximum absolute atomic E-state index is 10.6. The fourth-order valence-corrected chi connectivity index (χ4v) is 2.30. The van der Waals surface area contributed by atoms with Crippen molar-refractivity contribution >= 4 is 33.3 Å². The molecule has 2 rings (SSSR count). The molecule has 5 nitrogen and oxygen atoms in total. The summed E-state index contributed by atoms with van der Waals surface area (Å²) in [4.78, 5) is 20.5. The summed E-state index contributed by atoms with van der Waals surface area (Å²) in [7, 11) is 0. The van der Waals surface area contributed by atoms with E-state index in [2.05, 4.69) is 9.97 Å². The molecule has 0 aliphatic carbocycles. The maximum Gasteiger partial charge on any atom is 0.217 e. The first-order chi connectivity index (χ1) is 7.16. The molecule has 0 bridgehead atoms. The Morgan fingerprint density at radius 1 is 1.47 bits per heavy atom. The Labute approximate surface area is 90.1 Å². The number of nitrogen functional groups attached to an aromatic ring is 1. The van der Waals surface area contributed by atoms with E-state index in [0.29, 0.717) is 18.7 Å². The first kappa shape index (κ1) is 9.85. The van der Waals surface area contributed by atoms with Crippen LogP contribution in [0.3, 0.4) is 0 Å². The maximum atomic E-state index is 10.6. The van der Waals surface area contributed by atoms with Crippen LogP contribution in [0.2, 0.25) is 0 Å². The van der Waals surface area contributed by atoms with Crippen LogP contribution < -0.4 is 11.5 Å². The molecule has 0 unspecified atom stereocenters. The van der Waals surface area contributed by atoms with Crippen molar-refractivity contribution in [3.8, 4) is 0 Å². The number of carbonyl (C=O) groups excluding carboxylic acids is 1. The third-order valence-corrected chi connectivity index (χ3v) is 3.13. The van der Waals surface area contributed by atoms with E-state index >= 15 is 0 Å². The number of nitrogens with two attached hydrogens (primary N) is 2. The minimum Gasteiger partial charge on any atom is -0.383 e. The van der Waals surface area contributed by atoms with Crippen LogP contribution in [0.1, 0.15) is 11.3 Å². The fourth-order valence-electron chi connectivity index (χ4n) is 1.29. The number of aromatic nitrogens is 2. The summed E-state index contributed by atoms with van der Waals surface area (Å²) in [5.41, 5.74) is 10.8. The number of hydrogen-bond donors (Lipinski definition) is 2. The smallest absolute Gasteiger partial charge is 0.217 e. The molecule has 0 saturated carbocycles. The number of carbonyl (C=O) groups is 1. The summed E-state index contributed by atoms with van der Waals surface area (Å²) in [5, 5.41) is 0.849. The molecule has 2 heterocycles. The molecule has 6 heteroatoms. The van der Waals surface area contributed by atoms with E-state index in [4.69, 9.17) is 11.5 Å². The van der Waals surface area contributed by atoms with Gasteiger partial charge in [-0.25, -0.2) is 9.97 Å². The van der Waals surface area contributed by atoms with Crippen LogP contribution in [0.25, 0.3) is 10.2 Å². The van der Waals surface area contributed by atoms with Crippen molar-refractivity contribution in [2.24, 2.45) is 5.73 Å². The number of anilines is 1. The normalized spacial score (nSPS) is 10.7. The van der Waals surface area contributed by atoms with Gasteiger partial charge < -0.3 is 11.5 Å². The van der Waals surface area contributed by atoms with Gasteiger partial charge in [0.2, 0.25) is 5.91 Å². The van der Waals surface area contributed by atoms with Gasteiger partial charge in [0, 0.05) is 11.3 Å². The lowest BCUT2D eigenvalue weighted by Crippen LogP contribution is -2.10. The molecule has 1 amide bonds. The van der Waals surface area contributed by atoms with Gasteiger partial charge in [0.15, 0.2) is 0 Å². The Hall–Kier alpha value is -1.69. The third-order valence-electron chi connectivity index (χ3n) is 2.03. The van der Waals surface area contributed by atoms with Crippen molar-refractivity contribution in [3.05, 3.63) is 17.3 Å². The Morgan fingerprint density at radius 2 is 2.27 bits per heavy atom. The van der Waals surface area contributed by atoms with Crippen molar-refractivity contribution in [2.45, 2.75) is 12.8 Å². The predicted molar refractivity (Wildman–Crippen MR) is 59.3 cm³/mol. The molecule has 4 N–H and O–H groups in total. The van der Waals surface area contributed by atoms with E-state index in [1.165, 1.54) is 17.7 Å². The summed E-state index contributed by atoms with van der Waals surface area (Å²) in [5.74, 6) is 0.174. The summed E-state index contributed by atoms with van der Waals surface area (Å²) in [6.45, 7) is 0. The van der Waals surface area contributed by atoms with Crippen molar-refractivity contribution in [3.63, 3.8) is 0 Å². The minimum absolute atomic E-state index is 0.300. The number of primary amides is 1. The average molecular weight is 222 g/mol. The summed E-state index contributed by atoms with van der Waals surface area (Å²) >= 11 is 1.51. The Kier molecular flexibility index (Phi) is 2.51. The van der Waals surface area contributed by atoms with E-state index in [9.17, 15) is 4.79 Å². The number of amides is 1. The molecule has 0 aromatic carbocycles. The molecule has 0 aliphatic heterocycles. The minimum atomic E-state index is -0.300. The Balaban J connectivity index is 2.31. The predicted octanol–water partition coefficient (Wildman–Crippen LogP) is 0.691. The van der Waals surface area contributed by atoms with Gasteiger partial charge >= 0.3 is 0 Å². The first-order valence-electron chi connectivity index (χ1n) is 4.44. The lowest BCUT2D eigenvalue weighted by atomic mass is 10.2. The molecular formula is C9H10N4OS. The highest BCUT2D eigenvalue weighted by Crippen LogP contribution is 2.27. The van der Waals surface area contributed by atoms with Crippen LogP contribution in [-0.4, -0.2) is 15.9 Å². The molecule has 0 aliphatic rings. The van der Waals surface area contributed by atoms with Gasteiger partial charge in [0.1, 0.15) is 17.0 Å². The van der Waals surface area contributed by atoms with Gasteiger partial charge in [-0.3, -0.25) is 4.79 Å². The van der Waals surface area contributed by atoms with Gasteiger partial charge in [-0.1, -0.05) is 0 Å². The average Bonchev–Trinajstić information content (AvgIpc) is 2.59. The zero-order valence-electron chi connectivity index (χ0n) is 7.93. The topological polar surface area (TPSA) is 94.9 Å². The molecule has 2 aromatic rings. The van der Waals surface area contributed by atoms with Gasteiger partial charge in [-0.05, 0) is 12.5 Å². The highest BCUT2D eigenvalue weighted by molar-refractivity contribution is 7.18. The fraction of sp³-hybridized carbons (Fsp3) is 0.222. The number of nitrogens with zero attached hydrogens (tertiary/aromatic N) is 2. The summed E-state index contributed by atoms with van der Waals surface area (Å²) in [6, 6.07) is 1.91. The van der Waals surface area contributed by atoms with Crippen LogP contribution in [0, 0.1) is 0 Å². The second-order valence-electron chi connectivity index (χ2n) is 3.16. The second kappa shape index (κ2) is 3.82. The number of hydrogen-bond acceptors (Lipinski definition) is 5. The summed E-state index contributed by atoms with van der Waals surface area (Å²) < 4.78 is 0. The van der Waals surface area contributed by atoms with E-state index < -0.39 is 0 Å². The molecular weight excluding hydrogens is 212 g/mol. The van der Waals surface area contributed by atoms with E-state index in [-0.39, 0.29) is 5.91 Å². The quantitative estimate of drug-likeness (QED) is 0.798. The molecule has 0 spiro atoms. The molecule has 0 radical (unpaired) electrons. The van der Waals surface area contributed by atoms with Crippen molar-refractivity contribution in [1.29, 1.82) is 0 Å². The molecule has 0 atom stereocenters. The first-order valence-corrected chi connectivity index (χ1v) is 5.25. The second-order valence-corrected chi connectivity index (χ2v) is 4.27. The van der Waals surface area contributed by atoms with Crippen molar-refractivity contribution in [2.75, 3.05) is 5.73 Å². The largest absolute Gasteiger partial charge is 0.383 e. The van der Waals surface area contributed by atoms with Crippen LogP contribution in [0.5, 0.6) is 0 Å². The monoisotopic (exact) mass is 222 g/mol. The summed E-state index contributed by atoms with van der Waals surface area (Å²) in [6.07, 6.45) is 2.42. The third kappa shape index (κ3) is 2.04. The lowest BCUT2D eigenvalue weighted by molar-refractivity contribution is -0.117. The highest BCUT2D eigenvalue weighted by Gasteiger charge is 2.07. The van der Waals surface area contributed by atoms with E-state index in [1.54, 1.807) is 0 Å². The van der Waals surface area contributed by atoms with Gasteiger partial charge in [0.25, 0.3) is 0 Å². The number of fused-ring (bicyclic) bond motifs is 1. The van der Waals surface area contributed by atoms with E-state index in [0.717, 1.165) is 15.1 Å². The van der Waals surface area contributed by atoms with E-state index in [1.807, 2.05) is 6.07 Å². The highest BCUT2D eigenvalue weighted by atomic mass is 32.1. The number of aryl methyl sites for hydroxylation is 1. The number of rotatable bonds is 3. The molecule has 0 fully saturated rings. The zero-order chi connectivity index (χ0) is 10.8. The van der Waals surface area contributed by atoms with Gasteiger partial charge in [0.05, 0.1) is 5.39 Å². The van der Waals surface area contributed by atoms with Gasteiger partial charge in [-0.2, -0.15) is 0 Å². The van der Waals surface area contributed by atoms with Crippen LogP contribution in [0.15, 0.2) is 12.4 Å². The number of thiophene rings is 1. The molecule has 2 aromatic heterocycles. The van der Waals surface area contributed by atoms with Crippen molar-refractivity contribution < 1.29 is 4.79 Å². The van der Waals surface area contributed by atoms with Crippen LogP contribution in [-0.2, 0) is 11.2 Å². The SMILES string of the molecule is NC(=O)CCc1cc2c(N)ncnc2s1. The van der Waals surface area contributed by atoms with Gasteiger partial charge in [-0.15, -0.1) is 11.3 Å². The van der Waals surface area contributed by atoms with Crippen molar-refractivity contribution in [1.82, 2.24) is 9.97 Å². The lowest BCUT2D eigenvalue weighted by Gasteiger charge is -1.91. The molecule has 15 heavy (non-hydrogen) atoms.